The van der Waals surface area contributed by atoms with Crippen molar-refractivity contribution in [1.29, 1.82) is 0 Å². The predicted molar refractivity (Wildman–Crippen MR) is 116 cm³/mol. The molecular formula is C21H22Br2O6. The van der Waals surface area contributed by atoms with Crippen LogP contribution in [0, 0.1) is 0 Å². The van der Waals surface area contributed by atoms with E-state index in [4.69, 9.17) is 18.9 Å². The van der Waals surface area contributed by atoms with Gasteiger partial charge in [0.25, 0.3) is 0 Å². The first-order chi connectivity index (χ1) is 14.0. The molecule has 0 amide bonds. The molecule has 0 unspecified atom stereocenters. The summed E-state index contributed by atoms with van der Waals surface area (Å²) in [7, 11) is 2.70. The largest absolute Gasteiger partial charge is 0.493 e. The van der Waals surface area contributed by atoms with Crippen LogP contribution in [0.3, 0.4) is 0 Å². The van der Waals surface area contributed by atoms with Gasteiger partial charge in [0.15, 0.2) is 0 Å². The third kappa shape index (κ3) is 6.47. The van der Waals surface area contributed by atoms with Crippen molar-refractivity contribution in [2.75, 3.05) is 27.4 Å². The Kier molecular flexibility index (Phi) is 9.47. The zero-order valence-electron chi connectivity index (χ0n) is 16.2. The number of hydrogen-bond acceptors (Lipinski definition) is 6. The fourth-order valence-electron chi connectivity index (χ4n) is 2.58. The van der Waals surface area contributed by atoms with Gasteiger partial charge in [-0.2, -0.15) is 0 Å². The second kappa shape index (κ2) is 11.8. The minimum Gasteiger partial charge on any atom is -0.493 e. The van der Waals surface area contributed by atoms with Crippen molar-refractivity contribution in [2.24, 2.45) is 0 Å². The summed E-state index contributed by atoms with van der Waals surface area (Å²) in [5, 5.41) is 1.07. The molecule has 0 aliphatic rings. The van der Waals surface area contributed by atoms with E-state index in [0.29, 0.717) is 52.9 Å². The lowest BCUT2D eigenvalue weighted by Crippen LogP contribution is -2.08. The fourth-order valence-corrected chi connectivity index (χ4v) is 3.53. The zero-order chi connectivity index (χ0) is 21.2. The number of ether oxygens (including phenoxy) is 4. The molecule has 0 atom stereocenters. The molecule has 0 saturated heterocycles. The van der Waals surface area contributed by atoms with E-state index in [1.165, 1.54) is 14.2 Å². The van der Waals surface area contributed by atoms with Gasteiger partial charge in [-0.1, -0.05) is 37.9 Å². The Morgan fingerprint density at radius 1 is 0.759 bits per heavy atom. The van der Waals surface area contributed by atoms with Crippen molar-refractivity contribution in [1.82, 2.24) is 0 Å². The normalized spacial score (nSPS) is 10.3. The van der Waals surface area contributed by atoms with Crippen LogP contribution < -0.4 is 9.47 Å². The molecule has 2 aromatic rings. The first-order valence-corrected chi connectivity index (χ1v) is 11.1. The van der Waals surface area contributed by atoms with Crippen molar-refractivity contribution < 1.29 is 28.5 Å². The lowest BCUT2D eigenvalue weighted by molar-refractivity contribution is 0.0590. The molecule has 2 aromatic carbocycles. The fraction of sp³-hybridized carbons (Fsp3) is 0.333. The highest BCUT2D eigenvalue weighted by molar-refractivity contribution is 9.08. The smallest absolute Gasteiger partial charge is 0.338 e. The lowest BCUT2D eigenvalue weighted by atomic mass is 10.1. The van der Waals surface area contributed by atoms with Gasteiger partial charge in [0, 0.05) is 17.1 Å². The van der Waals surface area contributed by atoms with Crippen LogP contribution in [0.4, 0.5) is 0 Å². The molecule has 0 aliphatic heterocycles. The van der Waals surface area contributed by atoms with Crippen LogP contribution in [0.1, 0.15) is 38.3 Å². The number of alkyl halides is 2. The number of rotatable bonds is 10. The summed E-state index contributed by atoms with van der Waals surface area (Å²) < 4.78 is 21.0. The van der Waals surface area contributed by atoms with Crippen molar-refractivity contribution in [3.05, 3.63) is 58.7 Å². The number of hydrogen-bond donors (Lipinski definition) is 0. The highest BCUT2D eigenvalue weighted by atomic mass is 79.9. The number of carbonyl (C=O) groups excluding carboxylic acids is 2. The van der Waals surface area contributed by atoms with E-state index in [-0.39, 0.29) is 5.97 Å². The Hall–Kier alpha value is -2.06. The Bertz CT molecular complexity index is 853. The van der Waals surface area contributed by atoms with Crippen LogP contribution in [0.2, 0.25) is 0 Å². The molecule has 0 bridgehead atoms. The Balaban J connectivity index is 1.87. The number of carbonyl (C=O) groups is 2. The van der Waals surface area contributed by atoms with Gasteiger partial charge in [-0.3, -0.25) is 0 Å². The summed E-state index contributed by atoms with van der Waals surface area (Å²) in [6.45, 7) is 0.877. The van der Waals surface area contributed by atoms with Gasteiger partial charge in [-0.25, -0.2) is 9.59 Å². The lowest BCUT2D eigenvalue weighted by Gasteiger charge is -2.12. The predicted octanol–water partition coefficient (Wildman–Crippen LogP) is 4.90. The maximum atomic E-state index is 11.9. The summed E-state index contributed by atoms with van der Waals surface area (Å²) in [6, 6.07) is 10.6. The molecule has 0 radical (unpaired) electrons. The summed E-state index contributed by atoms with van der Waals surface area (Å²) in [5.74, 6) is 0.490. The molecule has 0 N–H and O–H groups in total. The van der Waals surface area contributed by atoms with Gasteiger partial charge in [0.05, 0.1) is 38.6 Å². The molecule has 0 aromatic heterocycles. The van der Waals surface area contributed by atoms with Crippen LogP contribution in [0.5, 0.6) is 11.5 Å². The number of halogens is 2. The number of methoxy groups -OCH3 is 2. The van der Waals surface area contributed by atoms with E-state index < -0.39 is 5.97 Å². The minimum absolute atomic E-state index is 0.378. The zero-order valence-corrected chi connectivity index (χ0v) is 19.4. The molecule has 0 heterocycles. The van der Waals surface area contributed by atoms with E-state index in [0.717, 1.165) is 11.1 Å². The molecule has 6 nitrogen and oxygen atoms in total. The van der Waals surface area contributed by atoms with Gasteiger partial charge in [0.1, 0.15) is 11.5 Å². The summed E-state index contributed by atoms with van der Waals surface area (Å²) in [4.78, 5) is 23.6. The molecule has 0 saturated carbocycles. The van der Waals surface area contributed by atoms with Gasteiger partial charge in [0.2, 0.25) is 0 Å². The van der Waals surface area contributed by atoms with E-state index in [1.807, 2.05) is 18.2 Å². The maximum Gasteiger partial charge on any atom is 0.338 e. The van der Waals surface area contributed by atoms with Gasteiger partial charge in [-0.15, -0.1) is 0 Å². The monoisotopic (exact) mass is 528 g/mol. The molecule has 29 heavy (non-hydrogen) atoms. The van der Waals surface area contributed by atoms with Crippen LogP contribution in [0.25, 0.3) is 0 Å². The molecule has 0 aliphatic carbocycles. The second-order valence-electron chi connectivity index (χ2n) is 5.94. The Morgan fingerprint density at radius 2 is 1.31 bits per heavy atom. The van der Waals surface area contributed by atoms with E-state index in [2.05, 4.69) is 31.9 Å². The molecular weight excluding hydrogens is 508 g/mol. The van der Waals surface area contributed by atoms with E-state index in [1.54, 1.807) is 18.2 Å². The molecule has 0 fully saturated rings. The first-order valence-electron chi connectivity index (χ1n) is 8.84. The molecule has 0 spiro atoms. The van der Waals surface area contributed by atoms with E-state index >= 15 is 0 Å². The van der Waals surface area contributed by atoms with Gasteiger partial charge >= 0.3 is 11.9 Å². The first kappa shape index (κ1) is 23.2. The van der Waals surface area contributed by atoms with Crippen LogP contribution in [-0.4, -0.2) is 39.4 Å². The van der Waals surface area contributed by atoms with Crippen molar-refractivity contribution >= 4 is 43.8 Å². The number of benzene rings is 2. The van der Waals surface area contributed by atoms with Crippen molar-refractivity contribution in [2.45, 2.75) is 17.1 Å². The summed E-state index contributed by atoms with van der Waals surface area (Å²) >= 11 is 6.73. The quantitative estimate of drug-likeness (QED) is 0.248. The highest BCUT2D eigenvalue weighted by Crippen LogP contribution is 2.22. The third-order valence-electron chi connectivity index (χ3n) is 4.08. The van der Waals surface area contributed by atoms with Crippen molar-refractivity contribution in [3.63, 3.8) is 0 Å². The molecule has 2 rings (SSSR count). The summed E-state index contributed by atoms with van der Waals surface area (Å²) in [6.07, 6.45) is 0.649. The SMILES string of the molecule is COC(=O)c1ccc(OCCCOc2ccc(CBr)c(C(=O)OC)c2)cc1CBr. The van der Waals surface area contributed by atoms with Gasteiger partial charge in [-0.05, 0) is 41.5 Å². The topological polar surface area (TPSA) is 71.1 Å². The van der Waals surface area contributed by atoms with Crippen molar-refractivity contribution in [3.8, 4) is 11.5 Å². The number of esters is 2. The second-order valence-corrected chi connectivity index (χ2v) is 7.06. The van der Waals surface area contributed by atoms with E-state index in [9.17, 15) is 9.59 Å². The molecule has 156 valence electrons. The highest BCUT2D eigenvalue weighted by Gasteiger charge is 2.13. The minimum atomic E-state index is -0.397. The summed E-state index contributed by atoms with van der Waals surface area (Å²) in [5.41, 5.74) is 2.62. The average Bonchev–Trinajstić information content (AvgIpc) is 2.77. The van der Waals surface area contributed by atoms with Crippen LogP contribution in [-0.2, 0) is 20.1 Å². The average molecular weight is 530 g/mol. The van der Waals surface area contributed by atoms with Crippen LogP contribution in [0.15, 0.2) is 36.4 Å². The van der Waals surface area contributed by atoms with Gasteiger partial charge < -0.3 is 18.9 Å². The Labute approximate surface area is 186 Å². The molecule has 8 heteroatoms. The Morgan fingerprint density at radius 3 is 1.90 bits per heavy atom. The third-order valence-corrected chi connectivity index (χ3v) is 5.29. The maximum absolute atomic E-state index is 11.9. The van der Waals surface area contributed by atoms with Crippen LogP contribution >= 0.6 is 31.9 Å². The standard InChI is InChI=1S/C21H22Br2O6/c1-26-20(24)18-7-6-16(10-15(18)13-23)28-8-3-9-29-17-5-4-14(12-22)19(11-17)21(25)27-2/h4-7,10-11H,3,8-9,12-13H2,1-2H3.